The van der Waals surface area contributed by atoms with Gasteiger partial charge in [0, 0.05) is 25.5 Å². The van der Waals surface area contributed by atoms with E-state index < -0.39 is 27.4 Å². The molecule has 3 unspecified atom stereocenters. The number of rotatable bonds is 11. The van der Waals surface area contributed by atoms with E-state index in [1.165, 1.54) is 20.4 Å². The topological polar surface area (TPSA) is 165 Å². The normalized spacial score (nSPS) is 14.3. The van der Waals surface area contributed by atoms with Gasteiger partial charge in [-0.1, -0.05) is 6.07 Å². The van der Waals surface area contributed by atoms with Gasteiger partial charge in [0.15, 0.2) is 11.6 Å². The van der Waals surface area contributed by atoms with Crippen molar-refractivity contribution < 1.29 is 17.9 Å². The SMILES string of the molecule is COc1cccc(-c2nnc(NS(=O)(=O)C(C)C(OC(C)C)c3ncc(C)cn3)n2C(C)c2ncnn2C)n1. The van der Waals surface area contributed by atoms with E-state index in [0.717, 1.165) is 5.56 Å². The lowest BCUT2D eigenvalue weighted by Gasteiger charge is -2.26. The van der Waals surface area contributed by atoms with Crippen LogP contribution in [0.25, 0.3) is 11.5 Å². The molecule has 0 bridgehead atoms. The number of aromatic nitrogens is 9. The Morgan fingerprint density at radius 1 is 1.03 bits per heavy atom. The lowest BCUT2D eigenvalue weighted by atomic mass is 10.2. The van der Waals surface area contributed by atoms with Gasteiger partial charge in [-0.05, 0) is 46.2 Å². The summed E-state index contributed by atoms with van der Waals surface area (Å²) >= 11 is 0. The van der Waals surface area contributed by atoms with Crippen molar-refractivity contribution in [3.63, 3.8) is 0 Å². The van der Waals surface area contributed by atoms with Crippen LogP contribution in [0.15, 0.2) is 36.9 Å². The number of aryl methyl sites for hydroxylation is 2. The number of nitrogens with one attached hydrogen (secondary N) is 1. The standard InChI is InChI=1S/C24H32N10O4S/c1-14(2)38-20(21-25-11-15(3)12-26-21)17(5)39(35,36)32-24-31-30-23(18-9-8-10-19(29-18)37-7)34(24)16(4)22-27-13-28-33(22)6/h8-14,16-17,20H,1-7H3,(H,31,32). The monoisotopic (exact) mass is 556 g/mol. The van der Waals surface area contributed by atoms with Crippen LogP contribution in [0.1, 0.15) is 57.1 Å². The van der Waals surface area contributed by atoms with E-state index >= 15 is 0 Å². The molecular formula is C24H32N10O4S. The summed E-state index contributed by atoms with van der Waals surface area (Å²) < 4.78 is 44.5. The van der Waals surface area contributed by atoms with Crippen molar-refractivity contribution in [1.29, 1.82) is 0 Å². The number of hydrogen-bond donors (Lipinski definition) is 1. The lowest BCUT2D eigenvalue weighted by molar-refractivity contribution is 0.00152. The molecule has 208 valence electrons. The van der Waals surface area contributed by atoms with Crippen molar-refractivity contribution >= 4 is 16.0 Å². The third-order valence-electron chi connectivity index (χ3n) is 5.99. The molecule has 0 fully saturated rings. The Morgan fingerprint density at radius 2 is 1.74 bits per heavy atom. The Balaban J connectivity index is 1.76. The third kappa shape index (κ3) is 6.04. The van der Waals surface area contributed by atoms with E-state index in [4.69, 9.17) is 9.47 Å². The molecule has 14 nitrogen and oxygen atoms in total. The summed E-state index contributed by atoms with van der Waals surface area (Å²) in [6.07, 6.45) is 3.45. The molecule has 0 radical (unpaired) electrons. The summed E-state index contributed by atoms with van der Waals surface area (Å²) in [6, 6.07) is 4.67. The molecule has 0 aromatic carbocycles. The number of sulfonamides is 1. The van der Waals surface area contributed by atoms with Gasteiger partial charge in [-0.3, -0.25) is 14.0 Å². The van der Waals surface area contributed by atoms with Crippen LogP contribution in [0.5, 0.6) is 5.88 Å². The second-order valence-corrected chi connectivity index (χ2v) is 11.3. The average molecular weight is 557 g/mol. The highest BCUT2D eigenvalue weighted by Gasteiger charge is 2.36. The van der Waals surface area contributed by atoms with Gasteiger partial charge >= 0.3 is 0 Å². The van der Waals surface area contributed by atoms with Crippen LogP contribution in [0, 0.1) is 6.92 Å². The molecule has 0 saturated heterocycles. The zero-order chi connectivity index (χ0) is 28.3. The molecule has 1 N–H and O–H groups in total. The molecule has 4 heterocycles. The van der Waals surface area contributed by atoms with Crippen LogP contribution in [-0.2, 0) is 21.8 Å². The minimum absolute atomic E-state index is 0.0231. The maximum atomic E-state index is 13.7. The fraction of sp³-hybridized carbons (Fsp3) is 0.458. The van der Waals surface area contributed by atoms with Gasteiger partial charge in [-0.2, -0.15) is 5.10 Å². The van der Waals surface area contributed by atoms with Gasteiger partial charge in [0.1, 0.15) is 29.2 Å². The summed E-state index contributed by atoms with van der Waals surface area (Å²) in [5.41, 5.74) is 1.28. The second-order valence-electron chi connectivity index (χ2n) is 9.28. The highest BCUT2D eigenvalue weighted by atomic mass is 32.2. The predicted molar refractivity (Wildman–Crippen MR) is 142 cm³/mol. The average Bonchev–Trinajstić information content (AvgIpc) is 3.52. The maximum absolute atomic E-state index is 13.7. The van der Waals surface area contributed by atoms with Crippen LogP contribution >= 0.6 is 0 Å². The number of methoxy groups -OCH3 is 1. The molecule has 0 amide bonds. The summed E-state index contributed by atoms with van der Waals surface area (Å²) in [6.45, 7) is 8.86. The molecule has 0 aliphatic carbocycles. The minimum Gasteiger partial charge on any atom is -0.481 e. The van der Waals surface area contributed by atoms with Gasteiger partial charge < -0.3 is 9.47 Å². The number of pyridine rings is 1. The predicted octanol–water partition coefficient (Wildman–Crippen LogP) is 2.48. The molecule has 4 aromatic rings. The van der Waals surface area contributed by atoms with Crippen LogP contribution in [0.3, 0.4) is 0 Å². The molecule has 0 aliphatic rings. The fourth-order valence-electron chi connectivity index (χ4n) is 3.96. The first-order valence-corrected chi connectivity index (χ1v) is 13.8. The number of hydrogen-bond acceptors (Lipinski definition) is 11. The van der Waals surface area contributed by atoms with Crippen LogP contribution < -0.4 is 9.46 Å². The molecule has 4 aromatic heterocycles. The van der Waals surface area contributed by atoms with Crippen molar-refractivity contribution in [1.82, 2.24) is 44.5 Å². The van der Waals surface area contributed by atoms with Gasteiger partial charge in [0.05, 0.1) is 19.3 Å². The largest absolute Gasteiger partial charge is 0.481 e. The summed E-state index contributed by atoms with van der Waals surface area (Å²) in [5.74, 6) is 1.48. The Bertz CT molecular complexity index is 1520. The van der Waals surface area contributed by atoms with E-state index in [1.54, 1.807) is 46.9 Å². The molecule has 15 heteroatoms. The first kappa shape index (κ1) is 28.0. The number of nitrogens with zero attached hydrogens (tertiary/aromatic N) is 9. The zero-order valence-corrected chi connectivity index (χ0v) is 23.7. The second kappa shape index (κ2) is 11.4. The Labute approximate surface area is 226 Å². The van der Waals surface area contributed by atoms with E-state index in [9.17, 15) is 8.42 Å². The Morgan fingerprint density at radius 3 is 2.36 bits per heavy atom. The van der Waals surface area contributed by atoms with Crippen molar-refractivity contribution in [3.8, 4) is 17.4 Å². The highest BCUT2D eigenvalue weighted by molar-refractivity contribution is 7.93. The van der Waals surface area contributed by atoms with Crippen molar-refractivity contribution in [2.45, 2.75) is 58.1 Å². The molecule has 0 aliphatic heterocycles. The van der Waals surface area contributed by atoms with Crippen molar-refractivity contribution in [2.75, 3.05) is 11.8 Å². The first-order chi connectivity index (χ1) is 18.5. The number of ether oxygens (including phenoxy) is 2. The van der Waals surface area contributed by atoms with Crippen LogP contribution in [-0.4, -0.2) is 71.4 Å². The maximum Gasteiger partial charge on any atom is 0.240 e. The molecule has 39 heavy (non-hydrogen) atoms. The number of anilines is 1. The fourth-order valence-corrected chi connectivity index (χ4v) is 5.05. The third-order valence-corrected chi connectivity index (χ3v) is 7.68. The van der Waals surface area contributed by atoms with Crippen LogP contribution in [0.4, 0.5) is 5.95 Å². The zero-order valence-electron chi connectivity index (χ0n) is 22.8. The quantitative estimate of drug-likeness (QED) is 0.288. The molecule has 0 spiro atoms. The van der Waals surface area contributed by atoms with E-state index in [1.807, 2.05) is 27.7 Å². The van der Waals surface area contributed by atoms with Crippen molar-refractivity contribution in [2.24, 2.45) is 7.05 Å². The summed E-state index contributed by atoms with van der Waals surface area (Å²) in [4.78, 5) is 17.4. The minimum atomic E-state index is -4.10. The Kier molecular flexibility index (Phi) is 8.20. The molecule has 4 rings (SSSR count). The van der Waals surface area contributed by atoms with E-state index in [2.05, 4.69) is 40.0 Å². The highest BCUT2D eigenvalue weighted by Crippen LogP contribution is 2.31. The summed E-state index contributed by atoms with van der Waals surface area (Å²) in [5, 5.41) is 11.5. The van der Waals surface area contributed by atoms with E-state index in [0.29, 0.717) is 23.2 Å². The lowest BCUT2D eigenvalue weighted by Crippen LogP contribution is -2.35. The van der Waals surface area contributed by atoms with Gasteiger partial charge in [0.2, 0.25) is 21.9 Å². The molecule has 3 atom stereocenters. The smallest absolute Gasteiger partial charge is 0.240 e. The summed E-state index contributed by atoms with van der Waals surface area (Å²) in [7, 11) is -0.848. The van der Waals surface area contributed by atoms with Gasteiger partial charge in [-0.25, -0.2) is 28.4 Å². The first-order valence-electron chi connectivity index (χ1n) is 12.3. The molecule has 0 saturated carbocycles. The van der Waals surface area contributed by atoms with Gasteiger partial charge in [0.25, 0.3) is 0 Å². The molecular weight excluding hydrogens is 524 g/mol. The van der Waals surface area contributed by atoms with Crippen molar-refractivity contribution in [3.05, 3.63) is 54.1 Å². The Hall–Kier alpha value is -3.98. The van der Waals surface area contributed by atoms with Gasteiger partial charge in [-0.15, -0.1) is 10.2 Å². The van der Waals surface area contributed by atoms with Crippen LogP contribution in [0.2, 0.25) is 0 Å². The van der Waals surface area contributed by atoms with E-state index in [-0.39, 0.29) is 17.9 Å².